The molecule has 1 N–H and O–H groups in total. The highest BCUT2D eigenvalue weighted by Gasteiger charge is 2.39. The van der Waals surface area contributed by atoms with Gasteiger partial charge in [-0.2, -0.15) is 13.2 Å². The first-order valence-electron chi connectivity index (χ1n) is 12.0. The summed E-state index contributed by atoms with van der Waals surface area (Å²) in [5.41, 5.74) is -0.271. The van der Waals surface area contributed by atoms with E-state index in [9.17, 15) is 36.2 Å². The average molecular weight is 548 g/mol. The lowest BCUT2D eigenvalue weighted by atomic mass is 9.97. The minimum atomic E-state index is -4.65. The van der Waals surface area contributed by atoms with Gasteiger partial charge < -0.3 is 19.8 Å². The highest BCUT2D eigenvalue weighted by Crippen LogP contribution is 2.43. The molecular weight excluding hydrogens is 526 g/mol. The van der Waals surface area contributed by atoms with Gasteiger partial charge in [-0.3, -0.25) is 4.79 Å². The standard InChI is InChI=1S/C27H22F6N4O2/c28-20-8-7-17(14-22(20)30)35-9-11-36(12-10-35)26-34-25-19(5-2-6-21(25)29)23(15-24(38)39)37(26)18-4-1-3-16(13-18)27(31,32)33/h1-8,13-14,23H,9-12,15H2,(H,38,39). The van der Waals surface area contributed by atoms with E-state index in [0.717, 1.165) is 24.3 Å². The summed E-state index contributed by atoms with van der Waals surface area (Å²) in [5, 5.41) is 9.69. The van der Waals surface area contributed by atoms with Crippen molar-refractivity contribution in [1.82, 2.24) is 4.90 Å². The van der Waals surface area contributed by atoms with Gasteiger partial charge in [-0.15, -0.1) is 0 Å². The topological polar surface area (TPSA) is 59.4 Å². The van der Waals surface area contributed by atoms with Gasteiger partial charge in [0, 0.05) is 49.2 Å². The molecule has 1 unspecified atom stereocenters. The van der Waals surface area contributed by atoms with E-state index in [4.69, 9.17) is 0 Å². The van der Waals surface area contributed by atoms with Crippen LogP contribution in [0.25, 0.3) is 0 Å². The van der Waals surface area contributed by atoms with E-state index in [1.165, 1.54) is 41.3 Å². The third-order valence-corrected chi connectivity index (χ3v) is 6.77. The van der Waals surface area contributed by atoms with Crippen molar-refractivity contribution in [3.05, 3.63) is 89.2 Å². The van der Waals surface area contributed by atoms with Crippen LogP contribution >= 0.6 is 0 Å². The number of hydrogen-bond donors (Lipinski definition) is 1. The Hall–Kier alpha value is -4.22. The molecule has 1 atom stereocenters. The van der Waals surface area contributed by atoms with Crippen LogP contribution in [0.5, 0.6) is 0 Å². The van der Waals surface area contributed by atoms with Crippen LogP contribution in [0.1, 0.15) is 23.6 Å². The van der Waals surface area contributed by atoms with E-state index >= 15 is 0 Å². The van der Waals surface area contributed by atoms with E-state index in [1.54, 1.807) is 9.80 Å². The van der Waals surface area contributed by atoms with Crippen molar-refractivity contribution >= 4 is 29.0 Å². The van der Waals surface area contributed by atoms with Crippen LogP contribution in [0.2, 0.25) is 0 Å². The summed E-state index contributed by atoms with van der Waals surface area (Å²) in [5.74, 6) is -3.79. The summed E-state index contributed by atoms with van der Waals surface area (Å²) < 4.78 is 82.8. The number of aliphatic imine (C=N–C) groups is 1. The van der Waals surface area contributed by atoms with Crippen LogP contribution in [0.3, 0.4) is 0 Å². The number of rotatable bonds is 4. The Morgan fingerprint density at radius 3 is 2.21 bits per heavy atom. The maximum Gasteiger partial charge on any atom is 0.416 e. The smallest absolute Gasteiger partial charge is 0.416 e. The third kappa shape index (κ3) is 5.23. The lowest BCUT2D eigenvalue weighted by molar-refractivity contribution is -0.138. The maximum atomic E-state index is 14.9. The van der Waals surface area contributed by atoms with E-state index in [-0.39, 0.29) is 36.0 Å². The molecule has 6 nitrogen and oxygen atoms in total. The van der Waals surface area contributed by atoms with Crippen molar-refractivity contribution in [3.63, 3.8) is 0 Å². The molecule has 3 aromatic rings. The number of fused-ring (bicyclic) bond motifs is 1. The first-order chi connectivity index (χ1) is 18.5. The Kier molecular flexibility index (Phi) is 6.87. The zero-order valence-corrected chi connectivity index (χ0v) is 20.3. The van der Waals surface area contributed by atoms with Crippen LogP contribution in [0.15, 0.2) is 65.7 Å². The number of aliphatic carboxylic acids is 1. The summed E-state index contributed by atoms with van der Waals surface area (Å²) in [7, 11) is 0. The molecule has 204 valence electrons. The molecule has 2 heterocycles. The Labute approximate surface area is 219 Å². The number of alkyl halides is 3. The van der Waals surface area contributed by atoms with Crippen LogP contribution in [0, 0.1) is 17.5 Å². The van der Waals surface area contributed by atoms with Crippen LogP contribution in [0.4, 0.5) is 43.4 Å². The van der Waals surface area contributed by atoms with Gasteiger partial charge in [-0.1, -0.05) is 18.2 Å². The Morgan fingerprint density at radius 1 is 0.846 bits per heavy atom. The SMILES string of the molecule is O=C(O)CC1c2cccc(F)c2N=C(N2CCN(c3ccc(F)c(F)c3)CC2)N1c1cccc(C(F)(F)F)c1. The molecule has 12 heteroatoms. The molecule has 1 saturated heterocycles. The number of halogens is 6. The second kappa shape index (κ2) is 10.2. The van der Waals surface area contributed by atoms with Gasteiger partial charge in [0.2, 0.25) is 5.96 Å². The van der Waals surface area contributed by atoms with Crippen LogP contribution in [-0.2, 0) is 11.0 Å². The lowest BCUT2D eigenvalue weighted by Crippen LogP contribution is -2.55. The minimum absolute atomic E-state index is 0.0489. The van der Waals surface area contributed by atoms with Crippen molar-refractivity contribution < 1.29 is 36.2 Å². The molecule has 0 radical (unpaired) electrons. The molecule has 0 saturated carbocycles. The van der Waals surface area contributed by atoms with Crippen molar-refractivity contribution in [2.24, 2.45) is 4.99 Å². The summed E-state index contributed by atoms with van der Waals surface area (Å²) in [6, 6.07) is 11.0. The molecular formula is C27H22F6N4O2. The summed E-state index contributed by atoms with van der Waals surface area (Å²) >= 11 is 0. The Bertz CT molecular complexity index is 1440. The number of para-hydroxylation sites is 1. The number of nitrogens with zero attached hydrogens (tertiary/aromatic N) is 4. The lowest BCUT2D eigenvalue weighted by Gasteiger charge is -2.45. The maximum absolute atomic E-state index is 14.9. The number of piperazine rings is 1. The van der Waals surface area contributed by atoms with Gasteiger partial charge in [-0.05, 0) is 36.4 Å². The Balaban J connectivity index is 1.56. The van der Waals surface area contributed by atoms with Gasteiger partial charge in [0.25, 0.3) is 0 Å². The summed E-state index contributed by atoms with van der Waals surface area (Å²) in [6.07, 6.45) is -5.17. The molecule has 3 aromatic carbocycles. The molecule has 1 fully saturated rings. The van der Waals surface area contributed by atoms with Gasteiger partial charge in [0.15, 0.2) is 11.6 Å². The first kappa shape index (κ1) is 26.4. The van der Waals surface area contributed by atoms with Gasteiger partial charge in [-0.25, -0.2) is 18.2 Å². The molecule has 0 spiro atoms. The number of benzene rings is 3. The van der Waals surface area contributed by atoms with E-state index < -0.39 is 47.6 Å². The quantitative estimate of drug-likeness (QED) is 0.408. The van der Waals surface area contributed by atoms with E-state index in [1.807, 2.05) is 0 Å². The van der Waals surface area contributed by atoms with Crippen molar-refractivity contribution in [2.75, 3.05) is 36.0 Å². The number of carboxylic acids is 1. The second-order valence-electron chi connectivity index (χ2n) is 9.19. The highest BCUT2D eigenvalue weighted by atomic mass is 19.4. The molecule has 2 aliphatic rings. The van der Waals surface area contributed by atoms with Crippen molar-refractivity contribution in [3.8, 4) is 0 Å². The molecule has 2 aliphatic heterocycles. The van der Waals surface area contributed by atoms with Crippen molar-refractivity contribution in [1.29, 1.82) is 0 Å². The fourth-order valence-electron chi connectivity index (χ4n) is 4.91. The average Bonchev–Trinajstić information content (AvgIpc) is 2.90. The van der Waals surface area contributed by atoms with Crippen molar-refractivity contribution in [2.45, 2.75) is 18.6 Å². The fraction of sp³-hybridized carbons (Fsp3) is 0.259. The van der Waals surface area contributed by atoms with Crippen LogP contribution in [-0.4, -0.2) is 48.1 Å². The minimum Gasteiger partial charge on any atom is -0.481 e. The number of carbonyl (C=O) groups is 1. The molecule has 0 aliphatic carbocycles. The van der Waals surface area contributed by atoms with E-state index in [2.05, 4.69) is 4.99 Å². The number of carboxylic acid groups (broad SMARTS) is 1. The molecule has 39 heavy (non-hydrogen) atoms. The normalized spacial score (nSPS) is 17.6. The number of hydrogen-bond acceptors (Lipinski definition) is 5. The predicted molar refractivity (Wildman–Crippen MR) is 133 cm³/mol. The van der Waals surface area contributed by atoms with Gasteiger partial charge in [0.05, 0.1) is 18.0 Å². The largest absolute Gasteiger partial charge is 0.481 e. The predicted octanol–water partition coefficient (Wildman–Crippen LogP) is 5.97. The highest BCUT2D eigenvalue weighted by molar-refractivity contribution is 6.01. The summed E-state index contributed by atoms with van der Waals surface area (Å²) in [4.78, 5) is 21.3. The van der Waals surface area contributed by atoms with Crippen LogP contribution < -0.4 is 9.80 Å². The molecule has 0 bridgehead atoms. The summed E-state index contributed by atoms with van der Waals surface area (Å²) in [6.45, 7) is 1.12. The number of guanidine groups is 1. The first-order valence-corrected chi connectivity index (χ1v) is 12.0. The zero-order chi connectivity index (χ0) is 27.9. The fourth-order valence-corrected chi connectivity index (χ4v) is 4.91. The molecule has 5 rings (SSSR count). The monoisotopic (exact) mass is 548 g/mol. The zero-order valence-electron chi connectivity index (χ0n) is 20.3. The Morgan fingerprint density at radius 2 is 1.54 bits per heavy atom. The molecule has 0 aromatic heterocycles. The van der Waals surface area contributed by atoms with Gasteiger partial charge in [0.1, 0.15) is 11.5 Å². The number of anilines is 2. The second-order valence-corrected chi connectivity index (χ2v) is 9.19. The molecule has 0 amide bonds. The van der Waals surface area contributed by atoms with E-state index in [0.29, 0.717) is 18.8 Å². The van der Waals surface area contributed by atoms with Gasteiger partial charge >= 0.3 is 12.1 Å². The third-order valence-electron chi connectivity index (χ3n) is 6.77.